The SMILES string of the molecule is CCN(CCN1C[C@]2(CCOC2)CCC1=O)c1cccc(C)c1. The van der Waals surface area contributed by atoms with E-state index in [2.05, 4.69) is 47.9 Å². The Kier molecular flexibility index (Phi) is 4.90. The van der Waals surface area contributed by atoms with Gasteiger partial charge in [-0.1, -0.05) is 12.1 Å². The van der Waals surface area contributed by atoms with E-state index in [4.69, 9.17) is 4.74 Å². The van der Waals surface area contributed by atoms with Crippen LogP contribution in [0, 0.1) is 12.3 Å². The molecule has 2 heterocycles. The molecule has 126 valence electrons. The summed E-state index contributed by atoms with van der Waals surface area (Å²) in [6.07, 6.45) is 2.78. The highest BCUT2D eigenvalue weighted by atomic mass is 16.5. The van der Waals surface area contributed by atoms with E-state index in [9.17, 15) is 4.79 Å². The highest BCUT2D eigenvalue weighted by Crippen LogP contribution is 2.38. The predicted octanol–water partition coefficient (Wildman–Crippen LogP) is 2.85. The van der Waals surface area contributed by atoms with Crippen molar-refractivity contribution in [2.24, 2.45) is 5.41 Å². The lowest BCUT2D eigenvalue weighted by Gasteiger charge is -2.40. The summed E-state index contributed by atoms with van der Waals surface area (Å²) in [5, 5.41) is 0. The predicted molar refractivity (Wildman–Crippen MR) is 92.7 cm³/mol. The molecule has 0 saturated carbocycles. The van der Waals surface area contributed by atoms with Gasteiger partial charge in [0.2, 0.25) is 5.91 Å². The van der Waals surface area contributed by atoms with Gasteiger partial charge in [0.05, 0.1) is 6.61 Å². The molecule has 2 fully saturated rings. The summed E-state index contributed by atoms with van der Waals surface area (Å²) in [5.41, 5.74) is 2.75. The number of anilines is 1. The van der Waals surface area contributed by atoms with Crippen molar-refractivity contribution in [3.8, 4) is 0 Å². The van der Waals surface area contributed by atoms with Crippen LogP contribution in [0.25, 0.3) is 0 Å². The number of nitrogens with zero attached hydrogens (tertiary/aromatic N) is 2. The van der Waals surface area contributed by atoms with E-state index in [1.165, 1.54) is 11.3 Å². The van der Waals surface area contributed by atoms with Crippen LogP contribution in [-0.4, -0.2) is 50.2 Å². The van der Waals surface area contributed by atoms with Crippen LogP contribution in [0.5, 0.6) is 0 Å². The summed E-state index contributed by atoms with van der Waals surface area (Å²) >= 11 is 0. The molecular weight excluding hydrogens is 288 g/mol. The van der Waals surface area contributed by atoms with Crippen LogP contribution in [-0.2, 0) is 9.53 Å². The maximum absolute atomic E-state index is 12.3. The molecule has 0 aliphatic carbocycles. The molecule has 4 nitrogen and oxygen atoms in total. The number of benzene rings is 1. The van der Waals surface area contributed by atoms with E-state index in [1.807, 2.05) is 0 Å². The van der Waals surface area contributed by atoms with Gasteiger partial charge in [0.1, 0.15) is 0 Å². The molecule has 2 saturated heterocycles. The number of hydrogen-bond donors (Lipinski definition) is 0. The van der Waals surface area contributed by atoms with Crippen LogP contribution in [0.3, 0.4) is 0 Å². The van der Waals surface area contributed by atoms with Crippen molar-refractivity contribution < 1.29 is 9.53 Å². The average Bonchev–Trinajstić information content (AvgIpc) is 3.00. The van der Waals surface area contributed by atoms with Gasteiger partial charge in [0, 0.05) is 50.3 Å². The van der Waals surface area contributed by atoms with Crippen LogP contribution in [0.2, 0.25) is 0 Å². The molecule has 1 aromatic carbocycles. The summed E-state index contributed by atoms with van der Waals surface area (Å²) in [4.78, 5) is 16.7. The Morgan fingerprint density at radius 2 is 2.22 bits per heavy atom. The largest absolute Gasteiger partial charge is 0.381 e. The summed E-state index contributed by atoms with van der Waals surface area (Å²) in [6.45, 7) is 9.50. The first kappa shape index (κ1) is 16.3. The van der Waals surface area contributed by atoms with Crippen LogP contribution >= 0.6 is 0 Å². The molecule has 0 N–H and O–H groups in total. The highest BCUT2D eigenvalue weighted by Gasteiger charge is 2.41. The van der Waals surface area contributed by atoms with Gasteiger partial charge < -0.3 is 14.5 Å². The Balaban J connectivity index is 1.62. The number of amides is 1. The Bertz CT molecular complexity index is 552. The van der Waals surface area contributed by atoms with Gasteiger partial charge in [-0.25, -0.2) is 0 Å². The molecule has 0 bridgehead atoms. The molecular formula is C19H28N2O2. The van der Waals surface area contributed by atoms with Gasteiger partial charge in [-0.3, -0.25) is 4.79 Å². The molecule has 1 amide bonds. The Morgan fingerprint density at radius 3 is 2.91 bits per heavy atom. The number of likely N-dealkylation sites (tertiary alicyclic amines) is 1. The third-order valence-electron chi connectivity index (χ3n) is 5.32. The smallest absolute Gasteiger partial charge is 0.222 e. The minimum Gasteiger partial charge on any atom is -0.381 e. The normalized spacial score (nSPS) is 24.4. The summed E-state index contributed by atoms with van der Waals surface area (Å²) in [5.74, 6) is 0.308. The number of aryl methyl sites for hydroxylation is 1. The second-order valence-corrected chi connectivity index (χ2v) is 7.04. The maximum Gasteiger partial charge on any atom is 0.222 e. The molecule has 1 aromatic rings. The molecule has 3 rings (SSSR count). The molecule has 4 heteroatoms. The Labute approximate surface area is 139 Å². The number of carbonyl (C=O) groups is 1. The first-order valence-electron chi connectivity index (χ1n) is 8.79. The van der Waals surface area contributed by atoms with Crippen LogP contribution in [0.1, 0.15) is 31.7 Å². The van der Waals surface area contributed by atoms with Gasteiger partial charge >= 0.3 is 0 Å². The summed E-state index contributed by atoms with van der Waals surface area (Å²) in [6, 6.07) is 8.59. The zero-order valence-corrected chi connectivity index (χ0v) is 14.4. The van der Waals surface area contributed by atoms with Crippen LogP contribution < -0.4 is 4.90 Å². The van der Waals surface area contributed by atoms with Gasteiger partial charge in [-0.05, 0) is 44.4 Å². The zero-order valence-electron chi connectivity index (χ0n) is 14.4. The molecule has 0 radical (unpaired) electrons. The van der Waals surface area contributed by atoms with Gasteiger partial charge in [-0.15, -0.1) is 0 Å². The van der Waals surface area contributed by atoms with Crippen molar-refractivity contribution in [3.63, 3.8) is 0 Å². The molecule has 23 heavy (non-hydrogen) atoms. The minimum absolute atomic E-state index is 0.230. The van der Waals surface area contributed by atoms with Gasteiger partial charge in [-0.2, -0.15) is 0 Å². The number of hydrogen-bond acceptors (Lipinski definition) is 3. The van der Waals surface area contributed by atoms with E-state index in [1.54, 1.807) is 0 Å². The number of rotatable bonds is 5. The lowest BCUT2D eigenvalue weighted by Crippen LogP contribution is -2.49. The second-order valence-electron chi connectivity index (χ2n) is 7.04. The monoisotopic (exact) mass is 316 g/mol. The standard InChI is InChI=1S/C19H28N2O2/c1-3-20(17-6-4-5-16(2)13-17)10-11-21-14-19(8-7-18(21)22)9-12-23-15-19/h4-6,13H,3,7-12,14-15H2,1-2H3/t19-/m1/s1. The maximum atomic E-state index is 12.3. The second kappa shape index (κ2) is 6.91. The van der Waals surface area contributed by atoms with Crippen molar-refractivity contribution in [2.75, 3.05) is 44.3 Å². The summed E-state index contributed by atoms with van der Waals surface area (Å²) in [7, 11) is 0. The highest BCUT2D eigenvalue weighted by molar-refractivity contribution is 5.77. The molecule has 2 aliphatic rings. The average molecular weight is 316 g/mol. The fourth-order valence-corrected chi connectivity index (χ4v) is 3.81. The number of piperidine rings is 1. The number of carbonyl (C=O) groups excluding carboxylic acids is 1. The Morgan fingerprint density at radius 1 is 1.35 bits per heavy atom. The van der Waals surface area contributed by atoms with Crippen molar-refractivity contribution in [1.29, 1.82) is 0 Å². The third-order valence-corrected chi connectivity index (χ3v) is 5.32. The van der Waals surface area contributed by atoms with E-state index in [0.29, 0.717) is 12.3 Å². The van der Waals surface area contributed by atoms with Crippen molar-refractivity contribution in [2.45, 2.75) is 33.1 Å². The summed E-state index contributed by atoms with van der Waals surface area (Å²) < 4.78 is 5.60. The van der Waals surface area contributed by atoms with E-state index in [0.717, 1.165) is 52.2 Å². The quantitative estimate of drug-likeness (QED) is 0.837. The minimum atomic E-state index is 0.230. The van der Waals surface area contributed by atoms with Crippen LogP contribution in [0.15, 0.2) is 24.3 Å². The lowest BCUT2D eigenvalue weighted by atomic mass is 9.79. The number of likely N-dealkylation sites (N-methyl/N-ethyl adjacent to an activating group) is 1. The first-order chi connectivity index (χ1) is 11.1. The molecule has 1 spiro atoms. The first-order valence-corrected chi connectivity index (χ1v) is 8.79. The zero-order chi connectivity index (χ0) is 16.3. The molecule has 1 atom stereocenters. The van der Waals surface area contributed by atoms with E-state index < -0.39 is 0 Å². The molecule has 2 aliphatic heterocycles. The van der Waals surface area contributed by atoms with Crippen molar-refractivity contribution in [1.82, 2.24) is 4.90 Å². The van der Waals surface area contributed by atoms with Gasteiger partial charge in [0.15, 0.2) is 0 Å². The van der Waals surface area contributed by atoms with E-state index in [-0.39, 0.29) is 5.41 Å². The Hall–Kier alpha value is -1.55. The molecule has 0 unspecified atom stereocenters. The lowest BCUT2D eigenvalue weighted by molar-refractivity contribution is -0.137. The molecule has 0 aromatic heterocycles. The van der Waals surface area contributed by atoms with Crippen molar-refractivity contribution in [3.05, 3.63) is 29.8 Å². The fourth-order valence-electron chi connectivity index (χ4n) is 3.81. The van der Waals surface area contributed by atoms with Crippen LogP contribution in [0.4, 0.5) is 5.69 Å². The number of ether oxygens (including phenoxy) is 1. The van der Waals surface area contributed by atoms with E-state index >= 15 is 0 Å². The third kappa shape index (κ3) is 3.69. The van der Waals surface area contributed by atoms with Gasteiger partial charge in [0.25, 0.3) is 0 Å². The topological polar surface area (TPSA) is 32.8 Å². The fraction of sp³-hybridized carbons (Fsp3) is 0.632. The van der Waals surface area contributed by atoms with Crippen molar-refractivity contribution >= 4 is 11.6 Å².